The molecule has 0 saturated carbocycles. The molecule has 0 atom stereocenters. The Hall–Kier alpha value is -2.32. The lowest BCUT2D eigenvalue weighted by molar-refractivity contribution is -0.385. The average Bonchev–Trinajstić information content (AvgIpc) is 2.85. The molecule has 0 spiro atoms. The van der Waals surface area contributed by atoms with E-state index in [0.717, 1.165) is 10.9 Å². The Morgan fingerprint density at radius 1 is 1.48 bits per heavy atom. The van der Waals surface area contributed by atoms with E-state index >= 15 is 0 Å². The number of halogens is 2. The number of aromatic nitrogens is 2. The quantitative estimate of drug-likeness (QED) is 0.666. The zero-order valence-electron chi connectivity index (χ0n) is 10.2. The third-order valence-corrected chi connectivity index (χ3v) is 3.21. The van der Waals surface area contributed by atoms with E-state index in [0.29, 0.717) is 0 Å². The largest absolute Gasteiger partial charge is 0.476 e. The summed E-state index contributed by atoms with van der Waals surface area (Å²) in [7, 11) is 0. The SMILES string of the molecule is O=C(O)c1nn(COc2cccc(Cl)c2Cl)cc1[N+](=O)[O-]. The molecule has 110 valence electrons. The van der Waals surface area contributed by atoms with Crippen molar-refractivity contribution in [1.29, 1.82) is 0 Å². The number of carboxylic acid groups (broad SMARTS) is 1. The second-order valence-corrected chi connectivity index (χ2v) is 4.58. The molecule has 2 rings (SSSR count). The highest BCUT2D eigenvalue weighted by molar-refractivity contribution is 6.42. The van der Waals surface area contributed by atoms with Crippen LogP contribution in [0.15, 0.2) is 24.4 Å². The molecule has 0 unspecified atom stereocenters. The van der Waals surface area contributed by atoms with Crippen molar-refractivity contribution in [2.45, 2.75) is 6.73 Å². The molecule has 1 N–H and O–H groups in total. The molecule has 1 aromatic carbocycles. The molecule has 8 nitrogen and oxygen atoms in total. The van der Waals surface area contributed by atoms with E-state index in [1.807, 2.05) is 0 Å². The van der Waals surface area contributed by atoms with Crippen LogP contribution in [0.2, 0.25) is 10.0 Å². The van der Waals surface area contributed by atoms with Crippen LogP contribution >= 0.6 is 23.2 Å². The Labute approximate surface area is 127 Å². The first-order chi connectivity index (χ1) is 9.90. The number of aromatic carboxylic acids is 1. The zero-order chi connectivity index (χ0) is 15.6. The summed E-state index contributed by atoms with van der Waals surface area (Å²) >= 11 is 11.7. The van der Waals surface area contributed by atoms with Crippen LogP contribution in [0.25, 0.3) is 0 Å². The van der Waals surface area contributed by atoms with Crippen LogP contribution in [0.1, 0.15) is 10.5 Å². The van der Waals surface area contributed by atoms with E-state index in [2.05, 4.69) is 5.10 Å². The number of benzene rings is 1. The Kier molecular flexibility index (Phi) is 4.29. The fraction of sp³-hybridized carbons (Fsp3) is 0.0909. The number of carboxylic acids is 1. The predicted octanol–water partition coefficient (Wildman–Crippen LogP) is 2.83. The van der Waals surface area contributed by atoms with E-state index in [1.165, 1.54) is 0 Å². The van der Waals surface area contributed by atoms with Gasteiger partial charge in [-0.1, -0.05) is 29.3 Å². The van der Waals surface area contributed by atoms with E-state index < -0.39 is 22.3 Å². The van der Waals surface area contributed by atoms with Gasteiger partial charge in [-0.2, -0.15) is 5.10 Å². The highest BCUT2D eigenvalue weighted by atomic mass is 35.5. The van der Waals surface area contributed by atoms with Crippen molar-refractivity contribution < 1.29 is 19.6 Å². The van der Waals surface area contributed by atoms with Gasteiger partial charge in [0.2, 0.25) is 5.69 Å². The van der Waals surface area contributed by atoms with Crippen LogP contribution in [0.5, 0.6) is 5.75 Å². The summed E-state index contributed by atoms with van der Waals surface area (Å²) in [6.07, 6.45) is 0.960. The summed E-state index contributed by atoms with van der Waals surface area (Å²) in [6, 6.07) is 4.72. The van der Waals surface area contributed by atoms with Gasteiger partial charge in [0.05, 0.1) is 9.95 Å². The van der Waals surface area contributed by atoms with E-state index in [1.54, 1.807) is 18.2 Å². The number of nitrogens with zero attached hydrogens (tertiary/aromatic N) is 3. The molecule has 21 heavy (non-hydrogen) atoms. The Bertz CT molecular complexity index is 684. The molecule has 0 bridgehead atoms. The van der Waals surface area contributed by atoms with Gasteiger partial charge < -0.3 is 9.84 Å². The molecule has 0 aliphatic rings. The van der Waals surface area contributed by atoms with Crippen LogP contribution in [0, 0.1) is 10.1 Å². The third kappa shape index (κ3) is 3.23. The maximum absolute atomic E-state index is 10.9. The number of hydrogen-bond donors (Lipinski definition) is 1. The first-order valence-corrected chi connectivity index (χ1v) is 6.17. The van der Waals surface area contributed by atoms with Gasteiger partial charge in [0, 0.05) is 0 Å². The molecule has 10 heteroatoms. The Morgan fingerprint density at radius 3 is 2.76 bits per heavy atom. The van der Waals surface area contributed by atoms with Crippen molar-refractivity contribution in [3.63, 3.8) is 0 Å². The summed E-state index contributed by atoms with van der Waals surface area (Å²) in [6.45, 7) is -0.256. The maximum Gasteiger partial charge on any atom is 0.363 e. The molecule has 0 fully saturated rings. The lowest BCUT2D eigenvalue weighted by atomic mass is 10.3. The van der Waals surface area contributed by atoms with Crippen molar-refractivity contribution in [1.82, 2.24) is 9.78 Å². The van der Waals surface area contributed by atoms with Gasteiger partial charge in [-0.3, -0.25) is 10.1 Å². The number of nitro groups is 1. The van der Waals surface area contributed by atoms with Crippen molar-refractivity contribution in [2.75, 3.05) is 0 Å². The summed E-state index contributed by atoms with van der Waals surface area (Å²) in [5.74, 6) is -1.25. The summed E-state index contributed by atoms with van der Waals surface area (Å²) < 4.78 is 6.28. The molecule has 0 saturated heterocycles. The molecular formula is C11H7Cl2N3O5. The maximum atomic E-state index is 10.9. The predicted molar refractivity (Wildman–Crippen MR) is 72.9 cm³/mol. The topological polar surface area (TPSA) is 107 Å². The van der Waals surface area contributed by atoms with Crippen molar-refractivity contribution >= 4 is 34.9 Å². The minimum absolute atomic E-state index is 0.180. The van der Waals surface area contributed by atoms with Crippen LogP contribution in [-0.2, 0) is 6.73 Å². The third-order valence-electron chi connectivity index (χ3n) is 2.41. The molecule has 1 aromatic heterocycles. The van der Waals surface area contributed by atoms with Crippen molar-refractivity contribution in [3.05, 3.63) is 50.2 Å². The van der Waals surface area contributed by atoms with Gasteiger partial charge in [-0.05, 0) is 12.1 Å². The molecule has 0 radical (unpaired) electrons. The minimum atomic E-state index is -1.50. The highest BCUT2D eigenvalue weighted by Gasteiger charge is 2.25. The van der Waals surface area contributed by atoms with Crippen molar-refractivity contribution in [3.8, 4) is 5.75 Å². The van der Waals surface area contributed by atoms with Crippen LogP contribution in [0.4, 0.5) is 5.69 Å². The summed E-state index contributed by atoms with van der Waals surface area (Å²) in [5.41, 5.74) is -1.29. The van der Waals surface area contributed by atoms with Gasteiger partial charge in [-0.15, -0.1) is 0 Å². The number of carbonyl (C=O) groups is 1. The lowest BCUT2D eigenvalue weighted by Crippen LogP contribution is -2.08. The Morgan fingerprint density at radius 2 is 2.19 bits per heavy atom. The van der Waals surface area contributed by atoms with Gasteiger partial charge in [-0.25, -0.2) is 9.48 Å². The van der Waals surface area contributed by atoms with Crippen LogP contribution in [0.3, 0.4) is 0 Å². The van der Waals surface area contributed by atoms with Crippen molar-refractivity contribution in [2.24, 2.45) is 0 Å². The Balaban J connectivity index is 2.21. The van der Waals surface area contributed by atoms with E-state index in [9.17, 15) is 14.9 Å². The van der Waals surface area contributed by atoms with Crippen LogP contribution < -0.4 is 4.74 Å². The van der Waals surface area contributed by atoms with Gasteiger partial charge >= 0.3 is 11.7 Å². The number of ether oxygens (including phenoxy) is 1. The summed E-state index contributed by atoms with van der Waals surface area (Å²) in [5, 5.41) is 23.6. The number of rotatable bonds is 5. The van der Waals surface area contributed by atoms with E-state index in [-0.39, 0.29) is 22.5 Å². The van der Waals surface area contributed by atoms with E-state index in [4.69, 9.17) is 33.0 Å². The molecule has 0 aliphatic heterocycles. The summed E-state index contributed by atoms with van der Waals surface area (Å²) in [4.78, 5) is 20.7. The van der Waals surface area contributed by atoms with Gasteiger partial charge in [0.15, 0.2) is 6.73 Å². The molecule has 1 heterocycles. The fourth-order valence-corrected chi connectivity index (χ4v) is 1.84. The lowest BCUT2D eigenvalue weighted by Gasteiger charge is -2.08. The zero-order valence-corrected chi connectivity index (χ0v) is 11.7. The first kappa shape index (κ1) is 15.1. The highest BCUT2D eigenvalue weighted by Crippen LogP contribution is 2.31. The standard InChI is InChI=1S/C11H7Cl2N3O5/c12-6-2-1-3-8(9(6)13)21-5-15-4-7(16(19)20)10(14-15)11(17)18/h1-4H,5H2,(H,17,18). The average molecular weight is 332 g/mol. The monoisotopic (exact) mass is 331 g/mol. The van der Waals surface area contributed by atoms with Crippen LogP contribution in [-0.4, -0.2) is 25.8 Å². The van der Waals surface area contributed by atoms with Gasteiger partial charge in [0.25, 0.3) is 0 Å². The molecule has 2 aromatic rings. The second kappa shape index (κ2) is 5.98. The minimum Gasteiger partial charge on any atom is -0.476 e. The first-order valence-electron chi connectivity index (χ1n) is 5.42. The molecule has 0 aliphatic carbocycles. The fourth-order valence-electron chi connectivity index (χ4n) is 1.49. The normalized spacial score (nSPS) is 10.4. The molecular weight excluding hydrogens is 325 g/mol. The van der Waals surface area contributed by atoms with Gasteiger partial charge in [0.1, 0.15) is 17.0 Å². The number of hydrogen-bond acceptors (Lipinski definition) is 5. The molecule has 0 amide bonds. The smallest absolute Gasteiger partial charge is 0.363 e. The second-order valence-electron chi connectivity index (χ2n) is 3.79.